The van der Waals surface area contributed by atoms with Crippen molar-refractivity contribution in [3.63, 3.8) is 0 Å². The molecule has 0 heterocycles. The Hall–Kier alpha value is -2.74. The van der Waals surface area contributed by atoms with Gasteiger partial charge in [-0.3, -0.25) is 4.79 Å². The summed E-state index contributed by atoms with van der Waals surface area (Å²) >= 11 is 7.42. The summed E-state index contributed by atoms with van der Waals surface area (Å²) in [6.45, 7) is 0.521. The van der Waals surface area contributed by atoms with Gasteiger partial charge in [-0.1, -0.05) is 59.8 Å². The van der Waals surface area contributed by atoms with E-state index >= 15 is 0 Å². The average Bonchev–Trinajstić information content (AvgIpc) is 2.69. The third-order valence-electron chi connectivity index (χ3n) is 3.95. The van der Waals surface area contributed by atoms with Gasteiger partial charge in [-0.25, -0.2) is 0 Å². The van der Waals surface area contributed by atoms with Gasteiger partial charge in [0, 0.05) is 21.4 Å². The van der Waals surface area contributed by atoms with Crippen molar-refractivity contribution in [1.82, 2.24) is 5.32 Å². The molecular weight excluding hydrogens is 376 g/mol. The fourth-order valence-electron chi connectivity index (χ4n) is 2.62. The molecular formula is C22H17ClN2OS. The van der Waals surface area contributed by atoms with Gasteiger partial charge in [0.1, 0.15) is 6.07 Å². The van der Waals surface area contributed by atoms with Crippen LogP contribution in [0.1, 0.15) is 21.5 Å². The third-order valence-corrected chi connectivity index (χ3v) is 5.33. The molecule has 0 aliphatic carbocycles. The molecule has 0 aromatic heterocycles. The Bertz CT molecular complexity index is 997. The highest BCUT2D eigenvalue weighted by Crippen LogP contribution is 2.32. The van der Waals surface area contributed by atoms with E-state index in [1.807, 2.05) is 60.7 Å². The van der Waals surface area contributed by atoms with Crippen LogP contribution in [0.15, 0.2) is 82.6 Å². The summed E-state index contributed by atoms with van der Waals surface area (Å²) in [5.41, 5.74) is 2.27. The molecule has 134 valence electrons. The van der Waals surface area contributed by atoms with Crippen LogP contribution in [-0.2, 0) is 6.42 Å². The van der Waals surface area contributed by atoms with Crippen molar-refractivity contribution in [2.24, 2.45) is 0 Å². The van der Waals surface area contributed by atoms with Crippen molar-refractivity contribution in [3.8, 4) is 6.07 Å². The number of hydrogen-bond donors (Lipinski definition) is 1. The molecule has 0 bridgehead atoms. The Labute approximate surface area is 168 Å². The summed E-state index contributed by atoms with van der Waals surface area (Å²) in [4.78, 5) is 14.3. The second kappa shape index (κ2) is 9.27. The predicted molar refractivity (Wildman–Crippen MR) is 109 cm³/mol. The largest absolute Gasteiger partial charge is 0.352 e. The van der Waals surface area contributed by atoms with Crippen LogP contribution in [0.3, 0.4) is 0 Å². The van der Waals surface area contributed by atoms with Crippen LogP contribution in [0.2, 0.25) is 5.02 Å². The summed E-state index contributed by atoms with van der Waals surface area (Å²) < 4.78 is 0. The van der Waals surface area contributed by atoms with Crippen LogP contribution < -0.4 is 5.32 Å². The van der Waals surface area contributed by atoms with Crippen LogP contribution in [0.5, 0.6) is 0 Å². The van der Waals surface area contributed by atoms with Gasteiger partial charge in [0.15, 0.2) is 0 Å². The van der Waals surface area contributed by atoms with Gasteiger partial charge < -0.3 is 5.32 Å². The van der Waals surface area contributed by atoms with Crippen molar-refractivity contribution in [2.45, 2.75) is 16.2 Å². The van der Waals surface area contributed by atoms with Crippen LogP contribution >= 0.6 is 23.4 Å². The lowest BCUT2D eigenvalue weighted by molar-refractivity contribution is 0.0951. The summed E-state index contributed by atoms with van der Waals surface area (Å²) in [5.74, 6) is -0.130. The number of carbonyl (C=O) groups is 1. The molecule has 3 nitrogen and oxygen atoms in total. The van der Waals surface area contributed by atoms with Gasteiger partial charge in [0.2, 0.25) is 0 Å². The molecule has 0 saturated heterocycles. The minimum atomic E-state index is -0.130. The molecule has 1 amide bonds. The first-order valence-electron chi connectivity index (χ1n) is 8.46. The van der Waals surface area contributed by atoms with Gasteiger partial charge in [0.05, 0.1) is 11.1 Å². The van der Waals surface area contributed by atoms with Gasteiger partial charge in [-0.2, -0.15) is 5.26 Å². The van der Waals surface area contributed by atoms with E-state index < -0.39 is 0 Å². The Kier molecular flexibility index (Phi) is 6.54. The Balaban J connectivity index is 1.69. The number of halogens is 1. The molecule has 0 saturated carbocycles. The lowest BCUT2D eigenvalue weighted by atomic mass is 10.1. The highest BCUT2D eigenvalue weighted by molar-refractivity contribution is 7.99. The lowest BCUT2D eigenvalue weighted by Gasteiger charge is -2.11. The van der Waals surface area contributed by atoms with Crippen molar-refractivity contribution in [1.29, 1.82) is 5.26 Å². The van der Waals surface area contributed by atoms with E-state index in [2.05, 4.69) is 11.4 Å². The summed E-state index contributed by atoms with van der Waals surface area (Å²) in [6.07, 6.45) is 0.707. The highest BCUT2D eigenvalue weighted by atomic mass is 35.5. The molecule has 3 aromatic carbocycles. The van der Waals surface area contributed by atoms with E-state index in [0.29, 0.717) is 29.1 Å². The average molecular weight is 393 g/mol. The quantitative estimate of drug-likeness (QED) is 0.616. The van der Waals surface area contributed by atoms with E-state index in [4.69, 9.17) is 11.6 Å². The number of nitrogens with one attached hydrogen (secondary N) is 1. The zero-order valence-electron chi connectivity index (χ0n) is 14.5. The highest BCUT2D eigenvalue weighted by Gasteiger charge is 2.13. The molecule has 0 aliphatic heterocycles. The molecule has 0 aliphatic rings. The first kappa shape index (κ1) is 19.0. The molecule has 27 heavy (non-hydrogen) atoms. The van der Waals surface area contributed by atoms with Crippen LogP contribution in [0.4, 0.5) is 0 Å². The van der Waals surface area contributed by atoms with Crippen molar-refractivity contribution in [3.05, 3.63) is 94.5 Å². The number of rotatable bonds is 6. The Morgan fingerprint density at radius 1 is 1.00 bits per heavy atom. The Morgan fingerprint density at radius 2 is 1.74 bits per heavy atom. The molecule has 0 unspecified atom stereocenters. The number of nitriles is 1. The van der Waals surface area contributed by atoms with E-state index in [0.717, 1.165) is 15.4 Å². The molecule has 0 spiro atoms. The SMILES string of the molecule is N#Cc1ccccc1Sc1ccccc1C(=O)NCCc1cccc(Cl)c1. The fourth-order valence-corrected chi connectivity index (χ4v) is 3.86. The van der Waals surface area contributed by atoms with E-state index in [1.54, 1.807) is 12.1 Å². The number of benzene rings is 3. The van der Waals surface area contributed by atoms with E-state index in [-0.39, 0.29) is 5.91 Å². The minimum Gasteiger partial charge on any atom is -0.352 e. The first-order chi connectivity index (χ1) is 13.2. The zero-order valence-corrected chi connectivity index (χ0v) is 16.1. The number of nitrogens with zero attached hydrogens (tertiary/aromatic N) is 1. The van der Waals surface area contributed by atoms with E-state index in [9.17, 15) is 10.1 Å². The standard InChI is InChI=1S/C22H17ClN2OS/c23-18-8-5-6-16(14-18)12-13-25-22(26)19-9-2-4-11-21(19)27-20-10-3-1-7-17(20)15-24/h1-11,14H,12-13H2,(H,25,26). The monoisotopic (exact) mass is 392 g/mol. The van der Waals surface area contributed by atoms with Crippen molar-refractivity contribution >= 4 is 29.3 Å². The second-order valence-electron chi connectivity index (χ2n) is 5.84. The Morgan fingerprint density at radius 3 is 2.52 bits per heavy atom. The van der Waals surface area contributed by atoms with Gasteiger partial charge in [0.25, 0.3) is 5.91 Å². The number of amides is 1. The molecule has 0 atom stereocenters. The molecule has 1 N–H and O–H groups in total. The molecule has 3 aromatic rings. The summed E-state index contributed by atoms with van der Waals surface area (Å²) in [6, 6.07) is 24.6. The zero-order chi connectivity index (χ0) is 19.1. The lowest BCUT2D eigenvalue weighted by Crippen LogP contribution is -2.26. The first-order valence-corrected chi connectivity index (χ1v) is 9.65. The fraction of sp³-hybridized carbons (Fsp3) is 0.0909. The second-order valence-corrected chi connectivity index (χ2v) is 7.36. The topological polar surface area (TPSA) is 52.9 Å². The number of carbonyl (C=O) groups excluding carboxylic acids is 1. The predicted octanol–water partition coefficient (Wildman–Crippen LogP) is 5.34. The van der Waals surface area contributed by atoms with Crippen molar-refractivity contribution in [2.75, 3.05) is 6.54 Å². The molecule has 0 radical (unpaired) electrons. The van der Waals surface area contributed by atoms with Gasteiger partial charge in [-0.05, 0) is 48.4 Å². The van der Waals surface area contributed by atoms with Crippen molar-refractivity contribution < 1.29 is 4.79 Å². The van der Waals surface area contributed by atoms with E-state index in [1.165, 1.54) is 11.8 Å². The van der Waals surface area contributed by atoms with Crippen LogP contribution in [0, 0.1) is 11.3 Å². The third kappa shape index (κ3) is 5.13. The molecule has 0 fully saturated rings. The normalized spacial score (nSPS) is 10.2. The maximum atomic E-state index is 12.7. The summed E-state index contributed by atoms with van der Waals surface area (Å²) in [5, 5.41) is 12.9. The van der Waals surface area contributed by atoms with Crippen LogP contribution in [-0.4, -0.2) is 12.5 Å². The smallest absolute Gasteiger partial charge is 0.252 e. The van der Waals surface area contributed by atoms with Crippen LogP contribution in [0.25, 0.3) is 0 Å². The van der Waals surface area contributed by atoms with Gasteiger partial charge in [-0.15, -0.1) is 0 Å². The minimum absolute atomic E-state index is 0.130. The number of hydrogen-bond acceptors (Lipinski definition) is 3. The maximum Gasteiger partial charge on any atom is 0.252 e. The maximum absolute atomic E-state index is 12.7. The summed E-state index contributed by atoms with van der Waals surface area (Å²) in [7, 11) is 0. The molecule has 3 rings (SSSR count). The molecule has 5 heteroatoms. The van der Waals surface area contributed by atoms with Gasteiger partial charge >= 0.3 is 0 Å².